The summed E-state index contributed by atoms with van der Waals surface area (Å²) in [5.41, 5.74) is 10.9. The highest BCUT2D eigenvalue weighted by Crippen LogP contribution is 2.08. The SMILES string of the molecule is CC(C)CC(NC(=O)C(CCC(=O)O)NC(=O)C(CCCCN)NC(=O)C(N)CO)C(=O)O. The minimum atomic E-state index is -1.34. The Morgan fingerprint density at radius 3 is 1.79 bits per heavy atom. The van der Waals surface area contributed by atoms with Gasteiger partial charge in [-0.25, -0.2) is 4.79 Å². The number of carbonyl (C=O) groups is 5. The van der Waals surface area contributed by atoms with Crippen LogP contribution in [0, 0.1) is 5.92 Å². The van der Waals surface area contributed by atoms with Crippen LogP contribution in [0.15, 0.2) is 0 Å². The predicted octanol–water partition coefficient (Wildman–Crippen LogP) is -2.12. The molecule has 4 unspecified atom stereocenters. The number of aliphatic hydroxyl groups is 1. The van der Waals surface area contributed by atoms with E-state index >= 15 is 0 Å². The Morgan fingerprint density at radius 1 is 0.818 bits per heavy atom. The van der Waals surface area contributed by atoms with E-state index in [1.807, 2.05) is 0 Å². The van der Waals surface area contributed by atoms with Crippen LogP contribution >= 0.6 is 0 Å². The average Bonchev–Trinajstić information content (AvgIpc) is 2.73. The molecule has 0 radical (unpaired) electrons. The van der Waals surface area contributed by atoms with Crippen LogP contribution in [-0.2, 0) is 24.0 Å². The molecule has 0 heterocycles. The van der Waals surface area contributed by atoms with Crippen LogP contribution in [0.1, 0.15) is 52.4 Å². The summed E-state index contributed by atoms with van der Waals surface area (Å²) >= 11 is 0. The number of nitrogens with two attached hydrogens (primary N) is 2. The fourth-order valence-corrected chi connectivity index (χ4v) is 2.90. The summed E-state index contributed by atoms with van der Waals surface area (Å²) in [6.07, 6.45) is 0.567. The van der Waals surface area contributed by atoms with E-state index in [-0.39, 0.29) is 25.2 Å². The zero-order valence-corrected chi connectivity index (χ0v) is 19.1. The lowest BCUT2D eigenvalue weighted by atomic mass is 10.0. The maximum atomic E-state index is 12.8. The maximum absolute atomic E-state index is 12.8. The Balaban J connectivity index is 5.52. The third-order valence-corrected chi connectivity index (χ3v) is 4.71. The number of rotatable bonds is 17. The Bertz CT molecular complexity index is 673. The molecule has 0 aliphatic heterocycles. The van der Waals surface area contributed by atoms with Crippen molar-refractivity contribution in [3.05, 3.63) is 0 Å². The number of amides is 3. The summed E-state index contributed by atoms with van der Waals surface area (Å²) in [4.78, 5) is 60.1. The van der Waals surface area contributed by atoms with Crippen molar-refractivity contribution in [1.29, 1.82) is 0 Å². The third kappa shape index (κ3) is 12.7. The van der Waals surface area contributed by atoms with Crippen LogP contribution in [-0.4, -0.2) is 82.3 Å². The van der Waals surface area contributed by atoms with E-state index < -0.39 is 66.9 Å². The minimum Gasteiger partial charge on any atom is -0.481 e. The molecule has 0 aromatic carbocycles. The molecule has 10 N–H and O–H groups in total. The van der Waals surface area contributed by atoms with Crippen LogP contribution in [0.4, 0.5) is 0 Å². The van der Waals surface area contributed by atoms with Gasteiger partial charge in [0.2, 0.25) is 17.7 Å². The lowest BCUT2D eigenvalue weighted by Gasteiger charge is -2.25. The van der Waals surface area contributed by atoms with Crippen molar-refractivity contribution in [1.82, 2.24) is 16.0 Å². The molecule has 3 amide bonds. The van der Waals surface area contributed by atoms with E-state index in [1.165, 1.54) is 0 Å². The van der Waals surface area contributed by atoms with Crippen molar-refractivity contribution in [2.75, 3.05) is 13.2 Å². The Morgan fingerprint density at radius 2 is 1.33 bits per heavy atom. The molecule has 190 valence electrons. The summed E-state index contributed by atoms with van der Waals surface area (Å²) in [7, 11) is 0. The summed E-state index contributed by atoms with van der Waals surface area (Å²) in [6.45, 7) is 3.27. The van der Waals surface area contributed by atoms with E-state index in [1.54, 1.807) is 13.8 Å². The number of carbonyl (C=O) groups excluding carboxylic acids is 3. The number of nitrogens with one attached hydrogen (secondary N) is 3. The first kappa shape index (κ1) is 30.2. The number of carboxylic acid groups (broad SMARTS) is 2. The van der Waals surface area contributed by atoms with E-state index in [0.29, 0.717) is 19.4 Å². The lowest BCUT2D eigenvalue weighted by Crippen LogP contribution is -2.57. The molecule has 0 aliphatic rings. The van der Waals surface area contributed by atoms with Gasteiger partial charge < -0.3 is 42.7 Å². The molecule has 0 aromatic rings. The van der Waals surface area contributed by atoms with Crippen LogP contribution in [0.3, 0.4) is 0 Å². The molecule has 33 heavy (non-hydrogen) atoms. The number of aliphatic carboxylic acids is 2. The van der Waals surface area contributed by atoms with E-state index in [4.69, 9.17) is 21.7 Å². The van der Waals surface area contributed by atoms with Gasteiger partial charge in [0.15, 0.2) is 0 Å². The maximum Gasteiger partial charge on any atom is 0.326 e. The van der Waals surface area contributed by atoms with Crippen molar-refractivity contribution in [3.63, 3.8) is 0 Å². The Kier molecular flexibility index (Phi) is 14.6. The van der Waals surface area contributed by atoms with Crippen LogP contribution < -0.4 is 27.4 Å². The van der Waals surface area contributed by atoms with Gasteiger partial charge in [0.1, 0.15) is 24.2 Å². The highest BCUT2D eigenvalue weighted by atomic mass is 16.4. The molecule has 13 heteroatoms. The fourth-order valence-electron chi connectivity index (χ4n) is 2.90. The molecule has 0 fully saturated rings. The quantitative estimate of drug-likeness (QED) is 0.106. The zero-order chi connectivity index (χ0) is 25.6. The summed E-state index contributed by atoms with van der Waals surface area (Å²) in [5.74, 6) is -4.91. The number of hydrogen-bond donors (Lipinski definition) is 8. The summed E-state index contributed by atoms with van der Waals surface area (Å²) < 4.78 is 0. The van der Waals surface area contributed by atoms with Gasteiger partial charge >= 0.3 is 11.9 Å². The van der Waals surface area contributed by atoms with Crippen molar-refractivity contribution in [2.45, 2.75) is 76.5 Å². The molecule has 13 nitrogen and oxygen atoms in total. The molecular weight excluding hydrogens is 438 g/mol. The largest absolute Gasteiger partial charge is 0.481 e. The van der Waals surface area contributed by atoms with E-state index in [2.05, 4.69) is 16.0 Å². The fraction of sp³-hybridized carbons (Fsp3) is 0.750. The molecule has 0 rings (SSSR count). The highest BCUT2D eigenvalue weighted by molar-refractivity contribution is 5.94. The van der Waals surface area contributed by atoms with Gasteiger partial charge in [0, 0.05) is 6.42 Å². The first-order chi connectivity index (χ1) is 15.4. The topological polar surface area (TPSA) is 234 Å². The predicted molar refractivity (Wildman–Crippen MR) is 118 cm³/mol. The van der Waals surface area contributed by atoms with Crippen molar-refractivity contribution in [2.24, 2.45) is 17.4 Å². The van der Waals surface area contributed by atoms with Gasteiger partial charge in [-0.05, 0) is 44.6 Å². The second-order valence-electron chi connectivity index (χ2n) is 8.16. The molecule has 0 saturated carbocycles. The normalized spacial score (nSPS) is 14.6. The second-order valence-corrected chi connectivity index (χ2v) is 8.16. The van der Waals surface area contributed by atoms with Gasteiger partial charge in [-0.3, -0.25) is 19.2 Å². The molecule has 0 aliphatic carbocycles. The van der Waals surface area contributed by atoms with Crippen LogP contribution in [0.2, 0.25) is 0 Å². The van der Waals surface area contributed by atoms with Gasteiger partial charge in [-0.1, -0.05) is 13.8 Å². The molecule has 0 spiro atoms. The molecule has 0 aromatic heterocycles. The van der Waals surface area contributed by atoms with Crippen LogP contribution in [0.25, 0.3) is 0 Å². The van der Waals surface area contributed by atoms with Gasteiger partial charge in [0.25, 0.3) is 0 Å². The smallest absolute Gasteiger partial charge is 0.326 e. The van der Waals surface area contributed by atoms with Crippen molar-refractivity contribution >= 4 is 29.7 Å². The van der Waals surface area contributed by atoms with Crippen LogP contribution in [0.5, 0.6) is 0 Å². The monoisotopic (exact) mass is 475 g/mol. The number of aliphatic hydroxyl groups excluding tert-OH is 1. The molecular formula is C20H37N5O8. The molecule has 0 bridgehead atoms. The standard InChI is InChI=1S/C20H37N5O8/c1-11(2)9-15(20(32)33)25-19(31)14(6-7-16(27)28)24-18(30)13(5-3-4-8-21)23-17(29)12(22)10-26/h11-15,26H,3-10,21-22H2,1-2H3,(H,23,29)(H,24,30)(H,25,31)(H,27,28)(H,32,33). The zero-order valence-electron chi connectivity index (χ0n) is 19.1. The molecule has 4 atom stereocenters. The number of carboxylic acids is 2. The van der Waals surface area contributed by atoms with Crippen molar-refractivity contribution in [3.8, 4) is 0 Å². The van der Waals surface area contributed by atoms with E-state index in [0.717, 1.165) is 0 Å². The Hall–Kier alpha value is -2.77. The van der Waals surface area contributed by atoms with E-state index in [9.17, 15) is 29.1 Å². The Labute approximate surface area is 192 Å². The average molecular weight is 476 g/mol. The van der Waals surface area contributed by atoms with Gasteiger partial charge in [-0.2, -0.15) is 0 Å². The molecule has 0 saturated heterocycles. The number of hydrogen-bond acceptors (Lipinski definition) is 8. The summed E-state index contributed by atoms with van der Waals surface area (Å²) in [5, 5.41) is 34.5. The first-order valence-corrected chi connectivity index (χ1v) is 10.8. The minimum absolute atomic E-state index is 0.0451. The highest BCUT2D eigenvalue weighted by Gasteiger charge is 2.30. The summed E-state index contributed by atoms with van der Waals surface area (Å²) in [6, 6.07) is -4.94. The first-order valence-electron chi connectivity index (χ1n) is 10.8. The van der Waals surface area contributed by atoms with Gasteiger partial charge in [-0.15, -0.1) is 0 Å². The lowest BCUT2D eigenvalue weighted by molar-refractivity contribution is -0.143. The van der Waals surface area contributed by atoms with Crippen molar-refractivity contribution < 1.29 is 39.3 Å². The van der Waals surface area contributed by atoms with Gasteiger partial charge in [0.05, 0.1) is 6.61 Å². The third-order valence-electron chi connectivity index (χ3n) is 4.71. The second kappa shape index (κ2) is 15.9. The number of unbranched alkanes of at least 4 members (excludes halogenated alkanes) is 1.